The zero-order valence-corrected chi connectivity index (χ0v) is 14.3. The average Bonchev–Trinajstić information content (AvgIpc) is 3.16. The summed E-state index contributed by atoms with van der Waals surface area (Å²) in [6.07, 6.45) is 0. The first-order valence-electron chi connectivity index (χ1n) is 8.43. The number of ether oxygens (including phenoxy) is 2. The summed E-state index contributed by atoms with van der Waals surface area (Å²) >= 11 is 0. The number of amides is 2. The number of benzene rings is 2. The van der Waals surface area contributed by atoms with Crippen molar-refractivity contribution in [3.05, 3.63) is 58.4 Å². The number of hydrogen-bond acceptors (Lipinski definition) is 6. The standard InChI is InChI=1S/C18H17N5O4/c24-17-13-3-1-2-4-14(13)21-22-23(17)8-7-19-18(25)20-10-12-5-6-15-16(9-12)27-11-26-15/h1-6,9H,7-8,10-11H2,(H2,19,20,25). The van der Waals surface area contributed by atoms with Gasteiger partial charge in [0.05, 0.1) is 11.9 Å². The fourth-order valence-electron chi connectivity index (χ4n) is 2.74. The van der Waals surface area contributed by atoms with E-state index in [1.165, 1.54) is 4.68 Å². The minimum absolute atomic E-state index is 0.212. The molecule has 0 unspecified atom stereocenters. The van der Waals surface area contributed by atoms with E-state index in [1.54, 1.807) is 24.3 Å². The molecule has 2 aromatic carbocycles. The van der Waals surface area contributed by atoms with Crippen molar-refractivity contribution in [2.45, 2.75) is 13.1 Å². The first kappa shape index (κ1) is 16.8. The van der Waals surface area contributed by atoms with Gasteiger partial charge in [0.1, 0.15) is 5.52 Å². The molecular weight excluding hydrogens is 350 g/mol. The van der Waals surface area contributed by atoms with Crippen LogP contribution in [0.5, 0.6) is 11.5 Å². The molecule has 1 aromatic heterocycles. The van der Waals surface area contributed by atoms with Crippen LogP contribution < -0.4 is 25.7 Å². The highest BCUT2D eigenvalue weighted by Gasteiger charge is 2.13. The maximum Gasteiger partial charge on any atom is 0.315 e. The van der Waals surface area contributed by atoms with E-state index >= 15 is 0 Å². The van der Waals surface area contributed by atoms with Gasteiger partial charge in [-0.05, 0) is 29.8 Å². The number of fused-ring (bicyclic) bond motifs is 2. The normalized spacial score (nSPS) is 12.1. The van der Waals surface area contributed by atoms with Crippen molar-refractivity contribution in [2.24, 2.45) is 0 Å². The SMILES string of the molecule is O=C(NCCn1nnc2ccccc2c1=O)NCc1ccc2c(c1)OCO2. The van der Waals surface area contributed by atoms with Crippen molar-refractivity contribution in [3.8, 4) is 11.5 Å². The second kappa shape index (κ2) is 7.32. The van der Waals surface area contributed by atoms with Gasteiger partial charge in [-0.15, -0.1) is 5.10 Å². The van der Waals surface area contributed by atoms with Gasteiger partial charge in [-0.1, -0.05) is 23.4 Å². The molecule has 0 aliphatic carbocycles. The fraction of sp³-hybridized carbons (Fsp3) is 0.222. The van der Waals surface area contributed by atoms with Crippen LogP contribution >= 0.6 is 0 Å². The molecule has 2 N–H and O–H groups in total. The van der Waals surface area contributed by atoms with Crippen molar-refractivity contribution in [3.63, 3.8) is 0 Å². The topological polar surface area (TPSA) is 107 Å². The Morgan fingerprint density at radius 1 is 1.11 bits per heavy atom. The van der Waals surface area contributed by atoms with Crippen molar-refractivity contribution in [1.29, 1.82) is 0 Å². The quantitative estimate of drug-likeness (QED) is 0.697. The maximum atomic E-state index is 12.3. The van der Waals surface area contributed by atoms with Crippen LogP contribution in [0.25, 0.3) is 10.9 Å². The molecule has 138 valence electrons. The van der Waals surface area contributed by atoms with Crippen LogP contribution in [0.4, 0.5) is 4.79 Å². The summed E-state index contributed by atoms with van der Waals surface area (Å²) < 4.78 is 11.8. The lowest BCUT2D eigenvalue weighted by Crippen LogP contribution is -2.38. The number of nitrogens with one attached hydrogen (secondary N) is 2. The second-order valence-corrected chi connectivity index (χ2v) is 5.93. The average molecular weight is 367 g/mol. The molecule has 0 radical (unpaired) electrons. The maximum absolute atomic E-state index is 12.3. The third-order valence-corrected chi connectivity index (χ3v) is 4.13. The van der Waals surface area contributed by atoms with Crippen LogP contribution in [0.2, 0.25) is 0 Å². The lowest BCUT2D eigenvalue weighted by molar-refractivity contribution is 0.174. The van der Waals surface area contributed by atoms with Crippen LogP contribution in [0.15, 0.2) is 47.3 Å². The molecule has 1 aliphatic rings. The van der Waals surface area contributed by atoms with Gasteiger partial charge in [-0.3, -0.25) is 4.79 Å². The van der Waals surface area contributed by atoms with Gasteiger partial charge in [0.2, 0.25) is 6.79 Å². The van der Waals surface area contributed by atoms with E-state index in [4.69, 9.17) is 9.47 Å². The molecule has 2 amide bonds. The molecule has 0 saturated carbocycles. The van der Waals surface area contributed by atoms with Crippen LogP contribution in [-0.2, 0) is 13.1 Å². The Morgan fingerprint density at radius 3 is 2.89 bits per heavy atom. The molecule has 0 bridgehead atoms. The minimum atomic E-state index is -0.338. The molecule has 4 rings (SSSR count). The first-order chi connectivity index (χ1) is 13.2. The van der Waals surface area contributed by atoms with Crippen LogP contribution in [0.1, 0.15) is 5.56 Å². The van der Waals surface area contributed by atoms with Crippen molar-refractivity contribution in [1.82, 2.24) is 25.6 Å². The van der Waals surface area contributed by atoms with Gasteiger partial charge in [0.15, 0.2) is 11.5 Å². The van der Waals surface area contributed by atoms with Gasteiger partial charge in [0.25, 0.3) is 5.56 Å². The predicted molar refractivity (Wildman–Crippen MR) is 96.6 cm³/mol. The van der Waals surface area contributed by atoms with E-state index in [2.05, 4.69) is 20.9 Å². The molecule has 9 heteroatoms. The second-order valence-electron chi connectivity index (χ2n) is 5.93. The molecule has 1 aliphatic heterocycles. The number of carbonyl (C=O) groups excluding carboxylic acids is 1. The highest BCUT2D eigenvalue weighted by molar-refractivity contribution is 5.76. The largest absolute Gasteiger partial charge is 0.454 e. The van der Waals surface area contributed by atoms with E-state index in [0.717, 1.165) is 5.56 Å². The van der Waals surface area contributed by atoms with E-state index < -0.39 is 0 Å². The number of urea groups is 1. The summed E-state index contributed by atoms with van der Waals surface area (Å²) in [7, 11) is 0. The van der Waals surface area contributed by atoms with Crippen molar-refractivity contribution < 1.29 is 14.3 Å². The monoisotopic (exact) mass is 367 g/mol. The molecule has 3 aromatic rings. The summed E-state index contributed by atoms with van der Waals surface area (Å²) in [5, 5.41) is 13.8. The summed E-state index contributed by atoms with van der Waals surface area (Å²) in [4.78, 5) is 24.3. The lowest BCUT2D eigenvalue weighted by Gasteiger charge is -2.09. The smallest absolute Gasteiger partial charge is 0.315 e. The Kier molecular flexibility index (Phi) is 4.56. The summed E-state index contributed by atoms with van der Waals surface area (Å²) in [6, 6.07) is 12.2. The highest BCUT2D eigenvalue weighted by atomic mass is 16.7. The molecule has 9 nitrogen and oxygen atoms in total. The van der Waals surface area contributed by atoms with E-state index in [-0.39, 0.29) is 31.5 Å². The predicted octanol–water partition coefficient (Wildman–Crippen LogP) is 1.02. The molecule has 2 heterocycles. The van der Waals surface area contributed by atoms with Crippen molar-refractivity contribution in [2.75, 3.05) is 13.3 Å². The highest BCUT2D eigenvalue weighted by Crippen LogP contribution is 2.32. The van der Waals surface area contributed by atoms with Crippen LogP contribution in [0, 0.1) is 0 Å². The van der Waals surface area contributed by atoms with Crippen molar-refractivity contribution >= 4 is 16.9 Å². The van der Waals surface area contributed by atoms with Gasteiger partial charge in [-0.25, -0.2) is 9.48 Å². The molecule has 0 saturated heterocycles. The van der Waals surface area contributed by atoms with E-state index in [0.29, 0.717) is 28.9 Å². The number of carbonyl (C=O) groups is 1. The molecule has 27 heavy (non-hydrogen) atoms. The van der Waals surface area contributed by atoms with Gasteiger partial charge in [-0.2, -0.15) is 0 Å². The number of rotatable bonds is 5. The molecule has 0 fully saturated rings. The molecular formula is C18H17N5O4. The van der Waals surface area contributed by atoms with Crippen LogP contribution in [-0.4, -0.2) is 34.4 Å². The minimum Gasteiger partial charge on any atom is -0.454 e. The summed E-state index contributed by atoms with van der Waals surface area (Å²) in [6.45, 7) is 1.04. The summed E-state index contributed by atoms with van der Waals surface area (Å²) in [5.41, 5.74) is 1.21. The number of hydrogen-bond donors (Lipinski definition) is 2. The van der Waals surface area contributed by atoms with Gasteiger partial charge in [0, 0.05) is 13.1 Å². The summed E-state index contributed by atoms with van der Waals surface area (Å²) in [5.74, 6) is 1.37. The Labute approximate surface area is 153 Å². The van der Waals surface area contributed by atoms with E-state index in [1.807, 2.05) is 18.2 Å². The van der Waals surface area contributed by atoms with Gasteiger partial charge < -0.3 is 20.1 Å². The first-order valence-corrected chi connectivity index (χ1v) is 8.43. The zero-order valence-electron chi connectivity index (χ0n) is 14.3. The molecule has 0 spiro atoms. The Bertz CT molecular complexity index is 1050. The van der Waals surface area contributed by atoms with Gasteiger partial charge >= 0.3 is 6.03 Å². The Morgan fingerprint density at radius 2 is 1.96 bits per heavy atom. The van der Waals surface area contributed by atoms with Crippen LogP contribution in [0.3, 0.4) is 0 Å². The zero-order chi connectivity index (χ0) is 18.6. The third-order valence-electron chi connectivity index (χ3n) is 4.13. The number of aromatic nitrogens is 3. The fourth-order valence-corrected chi connectivity index (χ4v) is 2.74. The van der Waals surface area contributed by atoms with E-state index in [9.17, 15) is 9.59 Å². The number of nitrogens with zero attached hydrogens (tertiary/aromatic N) is 3. The Balaban J connectivity index is 1.28. The third kappa shape index (κ3) is 3.66. The lowest BCUT2D eigenvalue weighted by atomic mass is 10.2. The Hall–Kier alpha value is -3.62. The molecule has 0 atom stereocenters.